The fraction of sp³-hybridized carbons (Fsp3) is 0.457. The van der Waals surface area contributed by atoms with Gasteiger partial charge in [-0.15, -0.1) is 0 Å². The molecule has 10 heteroatoms. The predicted octanol–water partition coefficient (Wildman–Crippen LogP) is 3.25. The van der Waals surface area contributed by atoms with Gasteiger partial charge in [-0.05, 0) is 98.6 Å². The van der Waals surface area contributed by atoms with E-state index in [4.69, 9.17) is 5.73 Å². The highest BCUT2D eigenvalue weighted by atomic mass is 16.3. The molecule has 1 saturated heterocycles. The molecule has 1 heterocycles. The van der Waals surface area contributed by atoms with Crippen molar-refractivity contribution in [3.63, 3.8) is 0 Å². The van der Waals surface area contributed by atoms with Crippen LogP contribution in [-0.2, 0) is 27.3 Å². The van der Waals surface area contributed by atoms with Gasteiger partial charge in [0.25, 0.3) is 5.91 Å². The van der Waals surface area contributed by atoms with Gasteiger partial charge >= 0.3 is 0 Å². The van der Waals surface area contributed by atoms with Gasteiger partial charge in [-0.1, -0.05) is 38.1 Å². The number of rotatable bonds is 5. The van der Waals surface area contributed by atoms with Crippen LogP contribution in [-0.4, -0.2) is 86.5 Å². The smallest absolute Gasteiger partial charge is 0.255 e. The van der Waals surface area contributed by atoms with E-state index < -0.39 is 58.0 Å². The standard InChI is InChI=1S/C35H41N3O7/c1-34(2)10-12-38(13-11-34)17-18-6-5-7-19(14-18)21-8-9-24(39)26-22(21)15-20-16-23-28(37(3)4)30(41)27(33(36)44)32(43)35(23,45)31(42)25(20)29(26)40/h5-9,14,20,23,28,39-40,43,45H,10-13,15-17H2,1-4H3,(H2,36,44)/t20?,23?,28-,35-/m0/s1. The number of primary amides is 1. The molecule has 6 N–H and O–H groups in total. The van der Waals surface area contributed by atoms with E-state index in [2.05, 4.69) is 30.9 Å². The molecule has 0 radical (unpaired) electrons. The van der Waals surface area contributed by atoms with Crippen molar-refractivity contribution in [3.8, 4) is 16.9 Å². The lowest BCUT2D eigenvalue weighted by atomic mass is 9.57. The first-order valence-electron chi connectivity index (χ1n) is 15.5. The maximum Gasteiger partial charge on any atom is 0.255 e. The number of benzene rings is 2. The molecule has 0 bridgehead atoms. The molecule has 2 fully saturated rings. The van der Waals surface area contributed by atoms with Crippen LogP contribution in [0.1, 0.15) is 49.8 Å². The van der Waals surface area contributed by atoms with Crippen LogP contribution in [0.2, 0.25) is 0 Å². The number of amides is 1. The Hall–Kier alpha value is -3.99. The number of carbonyl (C=O) groups is 3. The second-order valence-electron chi connectivity index (χ2n) is 14.1. The second kappa shape index (κ2) is 10.8. The number of Topliss-reactive ketones (excluding diaryl/α,β-unsaturated/α-hetero) is 2. The van der Waals surface area contributed by atoms with Crippen LogP contribution in [0.15, 0.2) is 53.3 Å². The Balaban J connectivity index is 1.42. The molecular weight excluding hydrogens is 574 g/mol. The van der Waals surface area contributed by atoms with E-state index in [1.807, 2.05) is 12.1 Å². The maximum absolute atomic E-state index is 14.1. The number of aliphatic hydroxyl groups is 3. The fourth-order valence-electron chi connectivity index (χ4n) is 7.93. The Kier molecular flexibility index (Phi) is 7.46. The number of nitrogens with two attached hydrogens (primary N) is 1. The number of hydrogen-bond acceptors (Lipinski definition) is 9. The number of aromatic hydroxyl groups is 1. The number of hydrogen-bond donors (Lipinski definition) is 5. The molecule has 10 nitrogen and oxygen atoms in total. The summed E-state index contributed by atoms with van der Waals surface area (Å²) in [4.78, 5) is 43.6. The van der Waals surface area contributed by atoms with Gasteiger partial charge in [0.05, 0.1) is 11.6 Å². The van der Waals surface area contributed by atoms with Crippen molar-refractivity contribution in [2.24, 2.45) is 23.0 Å². The second-order valence-corrected chi connectivity index (χ2v) is 14.1. The third kappa shape index (κ3) is 4.86. The predicted molar refractivity (Wildman–Crippen MR) is 168 cm³/mol. The third-order valence-electron chi connectivity index (χ3n) is 10.5. The molecule has 3 aliphatic carbocycles. The quantitative estimate of drug-likeness (QED) is 0.318. The van der Waals surface area contributed by atoms with Crippen molar-refractivity contribution < 1.29 is 34.8 Å². The van der Waals surface area contributed by atoms with E-state index >= 15 is 0 Å². The monoisotopic (exact) mass is 615 g/mol. The van der Waals surface area contributed by atoms with E-state index in [0.717, 1.165) is 49.2 Å². The third-order valence-corrected chi connectivity index (χ3v) is 10.5. The normalized spacial score (nSPS) is 28.2. The summed E-state index contributed by atoms with van der Waals surface area (Å²) < 4.78 is 0. The lowest BCUT2D eigenvalue weighted by Gasteiger charge is -2.50. The Morgan fingerprint density at radius 2 is 1.76 bits per heavy atom. The highest BCUT2D eigenvalue weighted by Gasteiger charge is 2.64. The number of piperidine rings is 1. The first-order valence-corrected chi connectivity index (χ1v) is 15.5. The number of aliphatic hydroxyl groups excluding tert-OH is 2. The molecule has 4 atom stereocenters. The molecule has 0 spiro atoms. The van der Waals surface area contributed by atoms with Crippen LogP contribution in [0.4, 0.5) is 0 Å². The van der Waals surface area contributed by atoms with Crippen molar-refractivity contribution in [1.82, 2.24) is 9.80 Å². The summed E-state index contributed by atoms with van der Waals surface area (Å²) in [7, 11) is 3.17. The van der Waals surface area contributed by atoms with Crippen LogP contribution < -0.4 is 5.73 Å². The highest BCUT2D eigenvalue weighted by Crippen LogP contribution is 2.53. The van der Waals surface area contributed by atoms with Crippen molar-refractivity contribution in [1.29, 1.82) is 0 Å². The zero-order valence-electron chi connectivity index (χ0n) is 26.1. The van der Waals surface area contributed by atoms with Gasteiger partial charge in [0.15, 0.2) is 11.4 Å². The lowest BCUT2D eigenvalue weighted by Crippen LogP contribution is -2.65. The summed E-state index contributed by atoms with van der Waals surface area (Å²) >= 11 is 0. The number of fused-ring (bicyclic) bond motifs is 3. The van der Waals surface area contributed by atoms with Crippen LogP contribution in [0, 0.1) is 17.3 Å². The van der Waals surface area contributed by atoms with Crippen molar-refractivity contribution in [2.45, 2.75) is 57.7 Å². The number of phenolic OH excluding ortho intramolecular Hbond substituents is 1. The molecule has 2 aromatic carbocycles. The molecule has 1 amide bonds. The van der Waals surface area contributed by atoms with Crippen molar-refractivity contribution in [3.05, 3.63) is 70.0 Å². The van der Waals surface area contributed by atoms with Gasteiger partial charge in [-0.25, -0.2) is 0 Å². The van der Waals surface area contributed by atoms with Crippen molar-refractivity contribution in [2.75, 3.05) is 27.2 Å². The number of ketones is 2. The average molecular weight is 616 g/mol. The zero-order chi connectivity index (χ0) is 32.6. The SMILES string of the molecule is CN(C)[C@@H]1C(=O)C(C(N)=O)=C(O)[C@@]2(O)C(=O)C3=C(O)c4c(O)ccc(-c5cccc(CN6CCC(C)(C)CC6)c5)c4CC3CC12. The van der Waals surface area contributed by atoms with Gasteiger partial charge in [0.2, 0.25) is 5.78 Å². The summed E-state index contributed by atoms with van der Waals surface area (Å²) in [5.41, 5.74) is 5.71. The van der Waals surface area contributed by atoms with Gasteiger partial charge in [0, 0.05) is 18.0 Å². The van der Waals surface area contributed by atoms with E-state index in [9.17, 15) is 34.8 Å². The summed E-state index contributed by atoms with van der Waals surface area (Å²) in [6.45, 7) is 7.47. The Labute approximate surface area is 262 Å². The summed E-state index contributed by atoms with van der Waals surface area (Å²) in [5, 5.41) is 45.4. The van der Waals surface area contributed by atoms with Crippen LogP contribution in [0.3, 0.4) is 0 Å². The molecule has 0 aromatic heterocycles. The van der Waals surface area contributed by atoms with Gasteiger partial charge in [-0.3, -0.25) is 24.2 Å². The average Bonchev–Trinajstić information content (AvgIpc) is 2.96. The molecule has 6 rings (SSSR count). The number of phenols is 1. The lowest BCUT2D eigenvalue weighted by molar-refractivity contribution is -0.153. The minimum absolute atomic E-state index is 0.0478. The van der Waals surface area contributed by atoms with Gasteiger partial charge in [0.1, 0.15) is 22.8 Å². The summed E-state index contributed by atoms with van der Waals surface area (Å²) in [6.07, 6.45) is 2.57. The van der Waals surface area contributed by atoms with Gasteiger partial charge in [-0.2, -0.15) is 0 Å². The van der Waals surface area contributed by atoms with E-state index in [0.29, 0.717) is 11.0 Å². The first kappa shape index (κ1) is 31.0. The highest BCUT2D eigenvalue weighted by molar-refractivity contribution is 6.24. The molecular formula is C35H41N3O7. The van der Waals surface area contributed by atoms with Gasteiger partial charge < -0.3 is 26.2 Å². The van der Waals surface area contributed by atoms with E-state index in [-0.39, 0.29) is 29.7 Å². The Morgan fingerprint density at radius 1 is 1.07 bits per heavy atom. The molecule has 4 aliphatic rings. The molecule has 2 aromatic rings. The summed E-state index contributed by atoms with van der Waals surface area (Å²) in [6, 6.07) is 10.3. The molecule has 1 aliphatic heterocycles. The molecule has 1 saturated carbocycles. The van der Waals surface area contributed by atoms with E-state index in [1.165, 1.54) is 11.0 Å². The van der Waals surface area contributed by atoms with Crippen molar-refractivity contribution >= 4 is 23.2 Å². The number of nitrogens with zero attached hydrogens (tertiary/aromatic N) is 2. The van der Waals surface area contributed by atoms with E-state index in [1.54, 1.807) is 20.2 Å². The zero-order valence-corrected chi connectivity index (χ0v) is 26.1. The minimum Gasteiger partial charge on any atom is -0.508 e. The summed E-state index contributed by atoms with van der Waals surface area (Å²) in [5.74, 6) is -6.60. The number of carbonyl (C=O) groups excluding carboxylic acids is 3. The number of likely N-dealkylation sites (N-methyl/N-ethyl adjacent to an activating group) is 1. The maximum atomic E-state index is 14.1. The Morgan fingerprint density at radius 3 is 2.40 bits per heavy atom. The Bertz CT molecular complexity index is 1680. The molecule has 2 unspecified atom stereocenters. The van der Waals surface area contributed by atoms with Crippen LogP contribution >= 0.6 is 0 Å². The first-order chi connectivity index (χ1) is 21.2. The van der Waals surface area contributed by atoms with Crippen LogP contribution in [0.5, 0.6) is 5.75 Å². The minimum atomic E-state index is -2.66. The molecule has 238 valence electrons. The van der Waals surface area contributed by atoms with Crippen LogP contribution in [0.25, 0.3) is 16.9 Å². The molecule has 45 heavy (non-hydrogen) atoms. The number of likely N-dealkylation sites (tertiary alicyclic amines) is 1. The fourth-order valence-corrected chi connectivity index (χ4v) is 7.93. The topological polar surface area (TPSA) is 165 Å². The largest absolute Gasteiger partial charge is 0.508 e.